The second-order valence-corrected chi connectivity index (χ2v) is 5.95. The highest BCUT2D eigenvalue weighted by Gasteiger charge is 2.20. The van der Waals surface area contributed by atoms with Crippen LogP contribution in [0.15, 0.2) is 24.4 Å². The molecule has 0 radical (unpaired) electrons. The van der Waals surface area contributed by atoms with Gasteiger partial charge in [0.2, 0.25) is 5.91 Å². The number of nitrogens with two attached hydrogens (primary N) is 1. The van der Waals surface area contributed by atoms with E-state index >= 15 is 0 Å². The van der Waals surface area contributed by atoms with Crippen LogP contribution in [-0.4, -0.2) is 41.0 Å². The van der Waals surface area contributed by atoms with Crippen LogP contribution in [0.1, 0.15) is 38.3 Å². The number of carbonyl (C=O) groups excluding carboxylic acids is 1. The Hall–Kier alpha value is -0.590. The lowest BCUT2D eigenvalue weighted by atomic mass is 10.0. The summed E-state index contributed by atoms with van der Waals surface area (Å²) in [4.78, 5) is 18.6. The van der Waals surface area contributed by atoms with Crippen LogP contribution in [0.3, 0.4) is 0 Å². The van der Waals surface area contributed by atoms with E-state index in [9.17, 15) is 4.79 Å². The molecule has 1 aromatic heterocycles. The van der Waals surface area contributed by atoms with Gasteiger partial charge >= 0.3 is 0 Å². The number of carbonyl (C=O) groups is 1. The average molecular weight is 400 g/mol. The summed E-state index contributed by atoms with van der Waals surface area (Å²) >= 11 is 0. The number of rotatable bonds is 6. The van der Waals surface area contributed by atoms with E-state index in [0.29, 0.717) is 12.5 Å². The molecule has 0 aromatic carbocycles. The average Bonchev–Trinajstić information content (AvgIpc) is 2.48. The minimum atomic E-state index is 0. The second-order valence-electron chi connectivity index (χ2n) is 5.95. The van der Waals surface area contributed by atoms with E-state index < -0.39 is 0 Å². The molecular formula is C16H29Cl3N4O. The van der Waals surface area contributed by atoms with Crippen LogP contribution >= 0.6 is 37.2 Å². The quantitative estimate of drug-likeness (QED) is 0.771. The molecular weight excluding hydrogens is 371 g/mol. The zero-order chi connectivity index (χ0) is 15.1. The molecule has 0 bridgehead atoms. The predicted molar refractivity (Wildman–Crippen MR) is 105 cm³/mol. The minimum absolute atomic E-state index is 0. The summed E-state index contributed by atoms with van der Waals surface area (Å²) in [5, 5.41) is 3.12. The maximum absolute atomic E-state index is 11.8. The number of nitrogens with one attached hydrogen (secondary N) is 1. The minimum Gasteiger partial charge on any atom is -0.353 e. The fourth-order valence-electron chi connectivity index (χ4n) is 2.61. The van der Waals surface area contributed by atoms with Crippen LogP contribution < -0.4 is 11.1 Å². The topological polar surface area (TPSA) is 71.2 Å². The Morgan fingerprint density at radius 2 is 2.00 bits per heavy atom. The Morgan fingerprint density at radius 1 is 1.33 bits per heavy atom. The molecule has 1 aromatic rings. The molecule has 8 heteroatoms. The molecule has 2 rings (SSSR count). The van der Waals surface area contributed by atoms with E-state index in [0.717, 1.165) is 44.6 Å². The SMILES string of the molecule is CC(N)CCC(=O)NC1CCN(Cc2ccccn2)CC1.Cl.Cl.Cl. The second kappa shape index (κ2) is 13.7. The summed E-state index contributed by atoms with van der Waals surface area (Å²) in [7, 11) is 0. The van der Waals surface area contributed by atoms with Crippen molar-refractivity contribution in [2.24, 2.45) is 5.73 Å². The molecule has 1 atom stereocenters. The Bertz CT molecular complexity index is 440. The molecule has 1 aliphatic rings. The molecule has 1 unspecified atom stereocenters. The van der Waals surface area contributed by atoms with E-state index in [2.05, 4.69) is 21.3 Å². The summed E-state index contributed by atoms with van der Waals surface area (Å²) in [5.41, 5.74) is 6.78. The zero-order valence-electron chi connectivity index (χ0n) is 14.0. The fourth-order valence-corrected chi connectivity index (χ4v) is 2.61. The van der Waals surface area contributed by atoms with Crippen molar-refractivity contribution < 1.29 is 4.79 Å². The monoisotopic (exact) mass is 398 g/mol. The van der Waals surface area contributed by atoms with Crippen molar-refractivity contribution >= 4 is 43.1 Å². The Balaban J connectivity index is 0. The fraction of sp³-hybridized carbons (Fsp3) is 0.625. The van der Waals surface area contributed by atoms with Gasteiger partial charge < -0.3 is 11.1 Å². The van der Waals surface area contributed by atoms with Crippen molar-refractivity contribution in [1.82, 2.24) is 15.2 Å². The lowest BCUT2D eigenvalue weighted by molar-refractivity contribution is -0.122. The van der Waals surface area contributed by atoms with Crippen molar-refractivity contribution in [3.8, 4) is 0 Å². The van der Waals surface area contributed by atoms with Crippen LogP contribution in [0, 0.1) is 0 Å². The summed E-state index contributed by atoms with van der Waals surface area (Å²) < 4.78 is 0. The van der Waals surface area contributed by atoms with E-state index in [1.54, 1.807) is 0 Å². The van der Waals surface area contributed by atoms with Gasteiger partial charge in [-0.05, 0) is 38.3 Å². The third-order valence-electron chi connectivity index (χ3n) is 3.89. The van der Waals surface area contributed by atoms with E-state index in [-0.39, 0.29) is 49.2 Å². The van der Waals surface area contributed by atoms with Gasteiger partial charge in [0, 0.05) is 44.3 Å². The third kappa shape index (κ3) is 9.64. The smallest absolute Gasteiger partial charge is 0.220 e. The highest BCUT2D eigenvalue weighted by atomic mass is 35.5. The number of aromatic nitrogens is 1. The standard InChI is InChI=1S/C16H26N4O.3ClH/c1-13(17)5-6-16(21)19-14-7-10-20(11-8-14)12-15-4-2-3-9-18-15;;;/h2-4,9,13-14H,5-8,10-12,17H2,1H3,(H,19,21);3*1H. The molecule has 1 fully saturated rings. The van der Waals surface area contributed by atoms with Crippen LogP contribution in [0.2, 0.25) is 0 Å². The van der Waals surface area contributed by atoms with Gasteiger partial charge in [-0.1, -0.05) is 6.07 Å². The number of nitrogens with zero attached hydrogens (tertiary/aromatic N) is 2. The highest BCUT2D eigenvalue weighted by molar-refractivity contribution is 5.86. The number of likely N-dealkylation sites (tertiary alicyclic amines) is 1. The molecule has 140 valence electrons. The van der Waals surface area contributed by atoms with Gasteiger partial charge in [0.1, 0.15) is 0 Å². The molecule has 0 saturated carbocycles. The number of hydrogen-bond donors (Lipinski definition) is 2. The third-order valence-corrected chi connectivity index (χ3v) is 3.89. The summed E-state index contributed by atoms with van der Waals surface area (Å²) in [6.07, 6.45) is 5.14. The Kier molecular flexibility index (Phi) is 14.6. The van der Waals surface area contributed by atoms with Gasteiger partial charge in [-0.2, -0.15) is 0 Å². The van der Waals surface area contributed by atoms with Crippen LogP contribution in [0.4, 0.5) is 0 Å². The molecule has 1 saturated heterocycles. The van der Waals surface area contributed by atoms with E-state index in [1.165, 1.54) is 0 Å². The maximum atomic E-state index is 11.8. The van der Waals surface area contributed by atoms with Crippen molar-refractivity contribution in [3.05, 3.63) is 30.1 Å². The molecule has 0 spiro atoms. The number of pyridine rings is 1. The normalized spacial score (nSPS) is 16.1. The summed E-state index contributed by atoms with van der Waals surface area (Å²) in [6.45, 7) is 4.85. The van der Waals surface area contributed by atoms with Gasteiger partial charge in [0.05, 0.1) is 5.69 Å². The molecule has 24 heavy (non-hydrogen) atoms. The molecule has 1 aliphatic heterocycles. The van der Waals surface area contributed by atoms with E-state index in [4.69, 9.17) is 5.73 Å². The first kappa shape index (κ1) is 25.6. The first-order chi connectivity index (χ1) is 10.1. The molecule has 2 heterocycles. The first-order valence-corrected chi connectivity index (χ1v) is 7.80. The lowest BCUT2D eigenvalue weighted by Gasteiger charge is -2.32. The molecule has 5 nitrogen and oxygen atoms in total. The summed E-state index contributed by atoms with van der Waals surface area (Å²) in [6, 6.07) is 6.42. The summed E-state index contributed by atoms with van der Waals surface area (Å²) in [5.74, 6) is 0.135. The Labute approximate surface area is 163 Å². The van der Waals surface area contributed by atoms with Crippen molar-refractivity contribution in [1.29, 1.82) is 0 Å². The highest BCUT2D eigenvalue weighted by Crippen LogP contribution is 2.13. The number of amides is 1. The molecule has 1 amide bonds. The van der Waals surface area contributed by atoms with Crippen LogP contribution in [0.25, 0.3) is 0 Å². The molecule has 3 N–H and O–H groups in total. The van der Waals surface area contributed by atoms with Crippen molar-refractivity contribution in [3.63, 3.8) is 0 Å². The van der Waals surface area contributed by atoms with Gasteiger partial charge in [0.25, 0.3) is 0 Å². The Morgan fingerprint density at radius 3 is 2.54 bits per heavy atom. The number of hydrogen-bond acceptors (Lipinski definition) is 4. The van der Waals surface area contributed by atoms with E-state index in [1.807, 2.05) is 25.3 Å². The van der Waals surface area contributed by atoms with Crippen LogP contribution in [0.5, 0.6) is 0 Å². The largest absolute Gasteiger partial charge is 0.353 e. The predicted octanol–water partition coefficient (Wildman–Crippen LogP) is 2.56. The molecule has 0 aliphatic carbocycles. The number of halogens is 3. The van der Waals surface area contributed by atoms with Gasteiger partial charge in [-0.15, -0.1) is 37.2 Å². The van der Waals surface area contributed by atoms with Gasteiger partial charge in [0.15, 0.2) is 0 Å². The van der Waals surface area contributed by atoms with Gasteiger partial charge in [-0.3, -0.25) is 14.7 Å². The first-order valence-electron chi connectivity index (χ1n) is 7.80. The lowest BCUT2D eigenvalue weighted by Crippen LogP contribution is -2.44. The number of piperidine rings is 1. The van der Waals surface area contributed by atoms with Crippen LogP contribution in [-0.2, 0) is 11.3 Å². The van der Waals surface area contributed by atoms with Crippen molar-refractivity contribution in [2.75, 3.05) is 13.1 Å². The van der Waals surface area contributed by atoms with Gasteiger partial charge in [-0.25, -0.2) is 0 Å². The van der Waals surface area contributed by atoms with Crippen molar-refractivity contribution in [2.45, 2.75) is 51.2 Å². The zero-order valence-corrected chi connectivity index (χ0v) is 16.5. The maximum Gasteiger partial charge on any atom is 0.220 e.